The van der Waals surface area contributed by atoms with Crippen LogP contribution in [0.15, 0.2) is 6.07 Å². The minimum Gasteiger partial charge on any atom is -0.478 e. The van der Waals surface area contributed by atoms with Gasteiger partial charge in [0.05, 0.1) is 6.61 Å². The van der Waals surface area contributed by atoms with Crippen LogP contribution < -0.4 is 10.1 Å². The van der Waals surface area contributed by atoms with Crippen LogP contribution in [0.1, 0.15) is 38.4 Å². The Morgan fingerprint density at radius 1 is 1.37 bits per heavy atom. The first kappa shape index (κ1) is 14.4. The number of rotatable bonds is 6. The van der Waals surface area contributed by atoms with Crippen molar-refractivity contribution in [2.45, 2.75) is 39.5 Å². The molecule has 5 heteroatoms. The Morgan fingerprint density at radius 2 is 2.11 bits per heavy atom. The molecule has 1 heterocycles. The molecule has 19 heavy (non-hydrogen) atoms. The van der Waals surface area contributed by atoms with E-state index >= 15 is 0 Å². The third-order valence-electron chi connectivity index (χ3n) is 3.70. The van der Waals surface area contributed by atoms with Crippen LogP contribution in [-0.4, -0.2) is 29.0 Å². The molecule has 106 valence electrons. The molecule has 0 amide bonds. The molecule has 0 aliphatic heterocycles. The lowest BCUT2D eigenvalue weighted by atomic mass is 9.88. The predicted molar refractivity (Wildman–Crippen MR) is 78.0 cm³/mol. The summed E-state index contributed by atoms with van der Waals surface area (Å²) in [6.07, 6.45) is 4.96. The molecule has 0 bridgehead atoms. The molecule has 1 fully saturated rings. The van der Waals surface area contributed by atoms with Gasteiger partial charge >= 0.3 is 0 Å². The van der Waals surface area contributed by atoms with Gasteiger partial charge in [0.1, 0.15) is 11.6 Å². The van der Waals surface area contributed by atoms with E-state index in [-0.39, 0.29) is 5.41 Å². The third-order valence-corrected chi connectivity index (χ3v) is 4.27. The topological polar surface area (TPSA) is 47.0 Å². The molecule has 0 radical (unpaired) electrons. The second-order valence-corrected chi connectivity index (χ2v) is 5.53. The lowest BCUT2D eigenvalue weighted by molar-refractivity contribution is 0.325. The van der Waals surface area contributed by atoms with E-state index in [0.29, 0.717) is 18.4 Å². The average molecular weight is 284 g/mol. The van der Waals surface area contributed by atoms with E-state index in [1.807, 2.05) is 19.9 Å². The minimum atomic E-state index is 0.228. The van der Waals surface area contributed by atoms with E-state index < -0.39 is 0 Å². The number of alkyl halides is 1. The maximum atomic E-state index is 6.15. The number of aryl methyl sites for hydroxylation is 1. The molecule has 0 saturated heterocycles. The summed E-state index contributed by atoms with van der Waals surface area (Å²) in [4.78, 5) is 8.64. The van der Waals surface area contributed by atoms with Gasteiger partial charge in [-0.1, -0.05) is 12.8 Å². The van der Waals surface area contributed by atoms with Crippen LogP contribution in [0.25, 0.3) is 0 Å². The number of nitrogens with zero attached hydrogens (tertiary/aromatic N) is 2. The fraction of sp³-hybridized carbons (Fsp3) is 0.714. The second kappa shape index (κ2) is 6.42. The SMILES string of the molecule is CCOc1cc(NCC2(CCl)CCCC2)nc(C)n1. The van der Waals surface area contributed by atoms with Gasteiger partial charge in [0, 0.05) is 23.9 Å². The summed E-state index contributed by atoms with van der Waals surface area (Å²) in [5.41, 5.74) is 0.228. The third kappa shape index (κ3) is 3.72. The molecule has 1 aliphatic rings. The largest absolute Gasteiger partial charge is 0.478 e. The Morgan fingerprint density at radius 3 is 2.74 bits per heavy atom. The highest BCUT2D eigenvalue weighted by Crippen LogP contribution is 2.39. The standard InChI is InChI=1S/C14H22ClN3O/c1-3-19-13-8-12(17-11(2)18-13)16-10-14(9-15)6-4-5-7-14/h8H,3-7,9-10H2,1-2H3,(H,16,17,18). The maximum Gasteiger partial charge on any atom is 0.218 e. The Hall–Kier alpha value is -1.03. The van der Waals surface area contributed by atoms with Crippen molar-refractivity contribution in [3.8, 4) is 5.88 Å². The smallest absolute Gasteiger partial charge is 0.218 e. The summed E-state index contributed by atoms with van der Waals surface area (Å²) in [6.45, 7) is 5.31. The van der Waals surface area contributed by atoms with E-state index in [1.54, 1.807) is 0 Å². The van der Waals surface area contributed by atoms with Gasteiger partial charge in [0.2, 0.25) is 5.88 Å². The van der Waals surface area contributed by atoms with E-state index in [4.69, 9.17) is 16.3 Å². The highest BCUT2D eigenvalue weighted by atomic mass is 35.5. The van der Waals surface area contributed by atoms with Crippen molar-refractivity contribution in [2.24, 2.45) is 5.41 Å². The summed E-state index contributed by atoms with van der Waals surface area (Å²) in [5.74, 6) is 2.89. The highest BCUT2D eigenvalue weighted by molar-refractivity contribution is 6.18. The molecule has 0 spiro atoms. The Labute approximate surface area is 119 Å². The maximum absolute atomic E-state index is 6.15. The van der Waals surface area contributed by atoms with Crippen molar-refractivity contribution < 1.29 is 4.74 Å². The number of hydrogen-bond donors (Lipinski definition) is 1. The molecule has 0 aromatic carbocycles. The van der Waals surface area contributed by atoms with Crippen LogP contribution in [0, 0.1) is 12.3 Å². The van der Waals surface area contributed by atoms with Gasteiger partial charge < -0.3 is 10.1 Å². The Kier molecular flexibility index (Phi) is 4.86. The van der Waals surface area contributed by atoms with Crippen LogP contribution >= 0.6 is 11.6 Å². The van der Waals surface area contributed by atoms with Gasteiger partial charge in [-0.25, -0.2) is 4.98 Å². The van der Waals surface area contributed by atoms with Crippen molar-refractivity contribution in [3.05, 3.63) is 11.9 Å². The summed E-state index contributed by atoms with van der Waals surface area (Å²) < 4.78 is 5.43. The predicted octanol–water partition coefficient (Wildman–Crippen LogP) is 3.39. The molecule has 0 atom stereocenters. The molecule has 4 nitrogen and oxygen atoms in total. The van der Waals surface area contributed by atoms with Crippen LogP contribution in [0.4, 0.5) is 5.82 Å². The monoisotopic (exact) mass is 283 g/mol. The number of aromatic nitrogens is 2. The van der Waals surface area contributed by atoms with Crippen molar-refractivity contribution >= 4 is 17.4 Å². The van der Waals surface area contributed by atoms with E-state index in [2.05, 4.69) is 15.3 Å². The zero-order valence-corrected chi connectivity index (χ0v) is 12.5. The van der Waals surface area contributed by atoms with Gasteiger partial charge in [-0.15, -0.1) is 11.6 Å². The minimum absolute atomic E-state index is 0.228. The zero-order valence-electron chi connectivity index (χ0n) is 11.7. The first-order valence-electron chi connectivity index (χ1n) is 6.96. The molecule has 1 aliphatic carbocycles. The van der Waals surface area contributed by atoms with Gasteiger partial charge in [0.15, 0.2) is 0 Å². The van der Waals surface area contributed by atoms with Gasteiger partial charge in [-0.3, -0.25) is 0 Å². The number of ether oxygens (including phenoxy) is 1. The van der Waals surface area contributed by atoms with E-state index in [0.717, 1.165) is 18.2 Å². The van der Waals surface area contributed by atoms with Crippen LogP contribution in [0.5, 0.6) is 5.88 Å². The summed E-state index contributed by atoms with van der Waals surface area (Å²) in [5, 5.41) is 3.40. The van der Waals surface area contributed by atoms with Crippen LogP contribution in [-0.2, 0) is 0 Å². The second-order valence-electron chi connectivity index (χ2n) is 5.27. The van der Waals surface area contributed by atoms with Gasteiger partial charge in [-0.2, -0.15) is 4.98 Å². The summed E-state index contributed by atoms with van der Waals surface area (Å²) >= 11 is 6.15. The van der Waals surface area contributed by atoms with E-state index in [9.17, 15) is 0 Å². The van der Waals surface area contributed by atoms with Gasteiger partial charge in [-0.05, 0) is 26.7 Å². The fourth-order valence-corrected chi connectivity index (χ4v) is 2.98. The molecular weight excluding hydrogens is 262 g/mol. The molecular formula is C14H22ClN3O. The fourth-order valence-electron chi connectivity index (χ4n) is 2.61. The van der Waals surface area contributed by atoms with Crippen LogP contribution in [0.3, 0.4) is 0 Å². The normalized spacial score (nSPS) is 17.4. The lowest BCUT2D eigenvalue weighted by Crippen LogP contribution is -2.28. The molecule has 2 rings (SSSR count). The van der Waals surface area contributed by atoms with Crippen molar-refractivity contribution in [3.63, 3.8) is 0 Å². The number of anilines is 1. The number of hydrogen-bond acceptors (Lipinski definition) is 4. The summed E-state index contributed by atoms with van der Waals surface area (Å²) in [6, 6.07) is 1.85. The van der Waals surface area contributed by atoms with Crippen LogP contribution in [0.2, 0.25) is 0 Å². The number of nitrogens with one attached hydrogen (secondary N) is 1. The quantitative estimate of drug-likeness (QED) is 0.813. The number of halogens is 1. The van der Waals surface area contributed by atoms with Crippen molar-refractivity contribution in [1.29, 1.82) is 0 Å². The van der Waals surface area contributed by atoms with E-state index in [1.165, 1.54) is 25.7 Å². The summed E-state index contributed by atoms with van der Waals surface area (Å²) in [7, 11) is 0. The molecule has 1 aromatic rings. The zero-order chi connectivity index (χ0) is 13.7. The van der Waals surface area contributed by atoms with Crippen molar-refractivity contribution in [1.82, 2.24) is 9.97 Å². The molecule has 1 aromatic heterocycles. The first-order valence-corrected chi connectivity index (χ1v) is 7.49. The lowest BCUT2D eigenvalue weighted by Gasteiger charge is -2.26. The molecule has 1 N–H and O–H groups in total. The van der Waals surface area contributed by atoms with Gasteiger partial charge in [0.25, 0.3) is 0 Å². The first-order chi connectivity index (χ1) is 9.17. The molecule has 0 unspecified atom stereocenters. The molecule has 1 saturated carbocycles. The average Bonchev–Trinajstić information content (AvgIpc) is 2.86. The van der Waals surface area contributed by atoms with Crippen molar-refractivity contribution in [2.75, 3.05) is 24.3 Å². The Bertz CT molecular complexity index is 419. The Balaban J connectivity index is 2.02. The highest BCUT2D eigenvalue weighted by Gasteiger charge is 2.32.